The zero-order chi connectivity index (χ0) is 20.7. The van der Waals surface area contributed by atoms with Gasteiger partial charge in [-0.3, -0.25) is 14.9 Å². The van der Waals surface area contributed by atoms with Gasteiger partial charge in [-0.15, -0.1) is 0 Å². The van der Waals surface area contributed by atoms with Crippen molar-refractivity contribution >= 4 is 23.3 Å². The van der Waals surface area contributed by atoms with Crippen LogP contribution in [0, 0.1) is 10.1 Å². The summed E-state index contributed by atoms with van der Waals surface area (Å²) < 4.78 is 15.5. The van der Waals surface area contributed by atoms with Crippen LogP contribution in [0.5, 0.6) is 11.5 Å². The molecule has 0 aliphatic rings. The van der Waals surface area contributed by atoms with Crippen molar-refractivity contribution in [1.82, 2.24) is 0 Å². The van der Waals surface area contributed by atoms with E-state index in [1.807, 2.05) is 6.92 Å². The van der Waals surface area contributed by atoms with Gasteiger partial charge in [0.05, 0.1) is 29.9 Å². The van der Waals surface area contributed by atoms with E-state index in [0.29, 0.717) is 12.4 Å². The van der Waals surface area contributed by atoms with Crippen molar-refractivity contribution < 1.29 is 28.7 Å². The van der Waals surface area contributed by atoms with Crippen LogP contribution in [0.2, 0.25) is 0 Å². The molecular formula is C19H20N2O7. The molecule has 1 unspecified atom stereocenters. The molecule has 2 aromatic carbocycles. The molecule has 0 spiro atoms. The number of anilines is 1. The number of non-ortho nitro benzene ring substituents is 1. The molecule has 2 rings (SSSR count). The summed E-state index contributed by atoms with van der Waals surface area (Å²) in [6.07, 6.45) is -1.14. The van der Waals surface area contributed by atoms with Gasteiger partial charge in [0.2, 0.25) is 0 Å². The van der Waals surface area contributed by atoms with Crippen LogP contribution in [0.25, 0.3) is 0 Å². The lowest BCUT2D eigenvalue weighted by Gasteiger charge is -2.15. The predicted octanol–water partition coefficient (Wildman–Crippen LogP) is 3.19. The number of carbonyl (C=O) groups is 2. The molecule has 28 heavy (non-hydrogen) atoms. The first-order chi connectivity index (χ1) is 13.3. The minimum Gasteiger partial charge on any atom is -0.495 e. The highest BCUT2D eigenvalue weighted by Gasteiger charge is 2.21. The summed E-state index contributed by atoms with van der Waals surface area (Å²) in [5, 5.41) is 13.4. The molecule has 0 saturated heterocycles. The molecule has 0 saturated carbocycles. The lowest BCUT2D eigenvalue weighted by molar-refractivity contribution is -0.384. The number of nitro groups is 1. The van der Waals surface area contributed by atoms with E-state index in [0.717, 1.165) is 6.07 Å². The molecule has 9 heteroatoms. The van der Waals surface area contributed by atoms with Crippen LogP contribution in [0.3, 0.4) is 0 Å². The Labute approximate surface area is 161 Å². The van der Waals surface area contributed by atoms with E-state index in [9.17, 15) is 19.7 Å². The van der Waals surface area contributed by atoms with Gasteiger partial charge in [0.25, 0.3) is 11.6 Å². The third-order valence-electron chi connectivity index (χ3n) is 3.71. The smallest absolute Gasteiger partial charge is 0.338 e. The van der Waals surface area contributed by atoms with E-state index in [2.05, 4.69) is 5.32 Å². The number of nitrogens with one attached hydrogen (secondary N) is 1. The maximum atomic E-state index is 12.3. The van der Waals surface area contributed by atoms with Gasteiger partial charge in [-0.2, -0.15) is 0 Å². The van der Waals surface area contributed by atoms with Gasteiger partial charge in [-0.1, -0.05) is 0 Å². The maximum Gasteiger partial charge on any atom is 0.338 e. The van der Waals surface area contributed by atoms with Crippen LogP contribution in [-0.4, -0.2) is 36.6 Å². The van der Waals surface area contributed by atoms with Crippen molar-refractivity contribution in [3.05, 3.63) is 58.1 Å². The SMILES string of the molecule is CCOc1ccc(C(=O)OC(C)C(=O)Nc2cc([N+](=O)[O-])ccc2OC)cc1. The first-order valence-electron chi connectivity index (χ1n) is 8.42. The fraction of sp³-hybridized carbons (Fsp3) is 0.263. The molecule has 1 atom stereocenters. The fourth-order valence-electron chi connectivity index (χ4n) is 2.28. The Kier molecular flexibility index (Phi) is 6.91. The van der Waals surface area contributed by atoms with Gasteiger partial charge < -0.3 is 19.5 Å². The molecule has 1 amide bonds. The Bertz CT molecular complexity index is 865. The molecule has 148 valence electrons. The van der Waals surface area contributed by atoms with Crippen molar-refractivity contribution in [2.75, 3.05) is 19.0 Å². The number of rotatable bonds is 8. The summed E-state index contributed by atoms with van der Waals surface area (Å²) in [6, 6.07) is 10.1. The van der Waals surface area contributed by atoms with Crippen molar-refractivity contribution in [2.24, 2.45) is 0 Å². The largest absolute Gasteiger partial charge is 0.495 e. The Balaban J connectivity index is 2.05. The summed E-state index contributed by atoms with van der Waals surface area (Å²) in [5.41, 5.74) is 0.150. The van der Waals surface area contributed by atoms with Gasteiger partial charge in [-0.25, -0.2) is 4.79 Å². The number of nitrogens with zero attached hydrogens (tertiary/aromatic N) is 1. The van der Waals surface area contributed by atoms with Gasteiger partial charge in [0.15, 0.2) is 6.10 Å². The quantitative estimate of drug-likeness (QED) is 0.419. The normalized spacial score (nSPS) is 11.2. The molecule has 0 aliphatic heterocycles. The second kappa shape index (κ2) is 9.36. The van der Waals surface area contributed by atoms with Crippen molar-refractivity contribution in [3.63, 3.8) is 0 Å². The molecule has 1 N–H and O–H groups in total. The number of hydrogen-bond acceptors (Lipinski definition) is 7. The molecule has 0 bridgehead atoms. The second-order valence-electron chi connectivity index (χ2n) is 5.64. The number of benzene rings is 2. The van der Waals surface area contributed by atoms with E-state index in [1.165, 1.54) is 38.3 Å². The van der Waals surface area contributed by atoms with Gasteiger partial charge in [0.1, 0.15) is 11.5 Å². The molecule has 2 aromatic rings. The third kappa shape index (κ3) is 5.19. The van der Waals surface area contributed by atoms with E-state index < -0.39 is 22.9 Å². The minimum absolute atomic E-state index is 0.102. The highest BCUT2D eigenvalue weighted by atomic mass is 16.6. The third-order valence-corrected chi connectivity index (χ3v) is 3.71. The lowest BCUT2D eigenvalue weighted by Crippen LogP contribution is -2.30. The summed E-state index contributed by atoms with van der Waals surface area (Å²) in [5.74, 6) is -0.485. The Morgan fingerprint density at radius 2 is 1.86 bits per heavy atom. The van der Waals surface area contributed by atoms with Crippen LogP contribution in [0.1, 0.15) is 24.2 Å². The van der Waals surface area contributed by atoms with Crippen molar-refractivity contribution in [1.29, 1.82) is 0 Å². The molecule has 0 aromatic heterocycles. The number of carbonyl (C=O) groups excluding carboxylic acids is 2. The average molecular weight is 388 g/mol. The van der Waals surface area contributed by atoms with Crippen molar-refractivity contribution in [3.8, 4) is 11.5 Å². The molecule has 0 radical (unpaired) electrons. The number of hydrogen-bond donors (Lipinski definition) is 1. The molecule has 9 nitrogen and oxygen atoms in total. The maximum absolute atomic E-state index is 12.3. The summed E-state index contributed by atoms with van der Waals surface area (Å²) in [7, 11) is 1.37. The van der Waals surface area contributed by atoms with E-state index in [1.54, 1.807) is 12.1 Å². The number of nitro benzene ring substituents is 1. The summed E-state index contributed by atoms with van der Waals surface area (Å²) in [6.45, 7) is 3.74. The fourth-order valence-corrected chi connectivity index (χ4v) is 2.28. The molecule has 0 aliphatic carbocycles. The zero-order valence-electron chi connectivity index (χ0n) is 15.6. The predicted molar refractivity (Wildman–Crippen MR) is 101 cm³/mol. The number of methoxy groups -OCH3 is 1. The van der Waals surface area contributed by atoms with Gasteiger partial charge in [0, 0.05) is 12.1 Å². The van der Waals surface area contributed by atoms with E-state index in [-0.39, 0.29) is 22.7 Å². The Morgan fingerprint density at radius 3 is 2.43 bits per heavy atom. The highest BCUT2D eigenvalue weighted by molar-refractivity contribution is 5.98. The molecule has 0 heterocycles. The highest BCUT2D eigenvalue weighted by Crippen LogP contribution is 2.29. The first kappa shape index (κ1) is 20.7. The van der Waals surface area contributed by atoms with Crippen molar-refractivity contribution in [2.45, 2.75) is 20.0 Å². The number of amides is 1. The van der Waals surface area contributed by atoms with Crippen LogP contribution < -0.4 is 14.8 Å². The van der Waals surface area contributed by atoms with E-state index >= 15 is 0 Å². The standard InChI is InChI=1S/C19H20N2O7/c1-4-27-15-8-5-13(6-9-15)19(23)28-12(2)18(22)20-16-11-14(21(24)25)7-10-17(16)26-3/h5-12H,4H2,1-3H3,(H,20,22). The monoisotopic (exact) mass is 388 g/mol. The minimum atomic E-state index is -1.14. The molecular weight excluding hydrogens is 368 g/mol. The second-order valence-corrected chi connectivity index (χ2v) is 5.64. The van der Waals surface area contributed by atoms with Crippen LogP contribution in [0.15, 0.2) is 42.5 Å². The average Bonchev–Trinajstić information content (AvgIpc) is 2.68. The van der Waals surface area contributed by atoms with Gasteiger partial charge in [-0.05, 0) is 44.2 Å². The lowest BCUT2D eigenvalue weighted by atomic mass is 10.2. The zero-order valence-corrected chi connectivity index (χ0v) is 15.6. The van der Waals surface area contributed by atoms with Gasteiger partial charge >= 0.3 is 5.97 Å². The summed E-state index contributed by atoms with van der Waals surface area (Å²) >= 11 is 0. The molecule has 0 fully saturated rings. The number of esters is 1. The van der Waals surface area contributed by atoms with Crippen LogP contribution >= 0.6 is 0 Å². The van der Waals surface area contributed by atoms with E-state index in [4.69, 9.17) is 14.2 Å². The first-order valence-corrected chi connectivity index (χ1v) is 8.42. The Morgan fingerprint density at radius 1 is 1.18 bits per heavy atom. The number of ether oxygens (including phenoxy) is 3. The topological polar surface area (TPSA) is 117 Å². The summed E-state index contributed by atoms with van der Waals surface area (Å²) in [4.78, 5) is 34.8. The Hall–Kier alpha value is -3.62. The van der Waals surface area contributed by atoms with Crippen LogP contribution in [0.4, 0.5) is 11.4 Å². The van der Waals surface area contributed by atoms with Crippen LogP contribution in [-0.2, 0) is 9.53 Å².